The van der Waals surface area contributed by atoms with Gasteiger partial charge in [-0.1, -0.05) is 38.7 Å². The minimum Gasteiger partial charge on any atom is -0.348 e. The van der Waals surface area contributed by atoms with Crippen LogP contribution in [-0.4, -0.2) is 28.9 Å². The van der Waals surface area contributed by atoms with E-state index in [0.717, 1.165) is 32.1 Å². The Morgan fingerprint density at radius 1 is 1.13 bits per heavy atom. The van der Waals surface area contributed by atoms with Crippen molar-refractivity contribution in [1.82, 2.24) is 15.6 Å². The van der Waals surface area contributed by atoms with Crippen molar-refractivity contribution in [2.24, 2.45) is 0 Å². The second kappa shape index (κ2) is 8.65. The van der Waals surface area contributed by atoms with Crippen LogP contribution in [-0.2, 0) is 0 Å². The van der Waals surface area contributed by atoms with Crippen molar-refractivity contribution in [2.45, 2.75) is 70.9 Å². The van der Waals surface area contributed by atoms with E-state index in [2.05, 4.69) is 15.6 Å². The van der Waals surface area contributed by atoms with Crippen molar-refractivity contribution in [2.75, 3.05) is 0 Å². The lowest BCUT2D eigenvalue weighted by molar-refractivity contribution is 0.0926. The van der Waals surface area contributed by atoms with E-state index in [1.165, 1.54) is 12.8 Å². The molecule has 1 heterocycles. The first-order chi connectivity index (χ1) is 11.1. The monoisotopic (exact) mass is 317 g/mol. The second-order valence-corrected chi connectivity index (χ2v) is 6.35. The van der Waals surface area contributed by atoms with Gasteiger partial charge in [-0.3, -0.25) is 9.59 Å². The lowest BCUT2D eigenvalue weighted by Gasteiger charge is -2.16. The van der Waals surface area contributed by atoms with Crippen LogP contribution in [0.1, 0.15) is 79.8 Å². The minimum atomic E-state index is -0.233. The highest BCUT2D eigenvalue weighted by atomic mass is 16.2. The van der Waals surface area contributed by atoms with E-state index < -0.39 is 0 Å². The molecule has 2 amide bonds. The van der Waals surface area contributed by atoms with E-state index in [9.17, 15) is 9.59 Å². The summed E-state index contributed by atoms with van der Waals surface area (Å²) in [6.45, 7) is 3.95. The van der Waals surface area contributed by atoms with Gasteiger partial charge in [-0.15, -0.1) is 0 Å². The Balaban J connectivity index is 2.00. The van der Waals surface area contributed by atoms with E-state index in [4.69, 9.17) is 0 Å². The molecule has 1 aliphatic rings. The number of carbonyl (C=O) groups excluding carboxylic acids is 2. The zero-order valence-electron chi connectivity index (χ0n) is 14.1. The van der Waals surface area contributed by atoms with Gasteiger partial charge in [-0.05, 0) is 38.3 Å². The van der Waals surface area contributed by atoms with Gasteiger partial charge in [0.25, 0.3) is 11.8 Å². The maximum atomic E-state index is 12.4. The average Bonchev–Trinajstić information content (AvgIpc) is 2.83. The first kappa shape index (κ1) is 17.4. The third-order valence-corrected chi connectivity index (χ3v) is 4.39. The molecule has 5 nitrogen and oxygen atoms in total. The predicted octanol–water partition coefficient (Wildman–Crippen LogP) is 3.06. The van der Waals surface area contributed by atoms with Crippen LogP contribution in [0.2, 0.25) is 0 Å². The predicted molar refractivity (Wildman–Crippen MR) is 90.4 cm³/mol. The summed E-state index contributed by atoms with van der Waals surface area (Å²) in [6.07, 6.45) is 7.73. The first-order valence-corrected chi connectivity index (χ1v) is 8.69. The molecule has 2 N–H and O–H groups in total. The van der Waals surface area contributed by atoms with Gasteiger partial charge in [0.15, 0.2) is 0 Å². The Bertz CT molecular complexity index is 537. The molecule has 0 radical (unpaired) electrons. The van der Waals surface area contributed by atoms with Crippen molar-refractivity contribution in [3.05, 3.63) is 29.6 Å². The zero-order chi connectivity index (χ0) is 16.7. The summed E-state index contributed by atoms with van der Waals surface area (Å²) in [5, 5.41) is 5.93. The number of pyridine rings is 1. The lowest BCUT2D eigenvalue weighted by atomic mass is 10.1. The van der Waals surface area contributed by atoms with Gasteiger partial charge >= 0.3 is 0 Å². The molecule has 1 atom stereocenters. The van der Waals surface area contributed by atoms with E-state index in [-0.39, 0.29) is 23.9 Å². The van der Waals surface area contributed by atoms with Crippen LogP contribution >= 0.6 is 0 Å². The molecule has 5 heteroatoms. The molecule has 0 spiro atoms. The highest BCUT2D eigenvalue weighted by Crippen LogP contribution is 2.17. The maximum absolute atomic E-state index is 12.4. The van der Waals surface area contributed by atoms with E-state index >= 15 is 0 Å². The van der Waals surface area contributed by atoms with Crippen LogP contribution in [0.4, 0.5) is 0 Å². The molecule has 1 aromatic heterocycles. The minimum absolute atomic E-state index is 0.0905. The summed E-state index contributed by atoms with van der Waals surface area (Å²) in [7, 11) is 0. The fourth-order valence-corrected chi connectivity index (χ4v) is 2.77. The quantitative estimate of drug-likeness (QED) is 0.820. The summed E-state index contributed by atoms with van der Waals surface area (Å²) in [5.74, 6) is -0.418. The number of rotatable bonds is 5. The van der Waals surface area contributed by atoms with Gasteiger partial charge in [-0.25, -0.2) is 4.98 Å². The Labute approximate surface area is 138 Å². The molecule has 0 saturated heterocycles. The molecule has 1 aliphatic carbocycles. The molecule has 126 valence electrons. The van der Waals surface area contributed by atoms with Gasteiger partial charge in [-0.2, -0.15) is 0 Å². The molecular formula is C18H27N3O2. The average molecular weight is 317 g/mol. The Hall–Kier alpha value is -1.91. The van der Waals surface area contributed by atoms with Crippen LogP contribution in [0, 0.1) is 0 Å². The summed E-state index contributed by atoms with van der Waals surface area (Å²) < 4.78 is 0. The summed E-state index contributed by atoms with van der Waals surface area (Å²) >= 11 is 0. The molecule has 0 bridgehead atoms. The van der Waals surface area contributed by atoms with Crippen molar-refractivity contribution >= 4 is 11.8 Å². The number of nitrogens with one attached hydrogen (secondary N) is 2. The fourth-order valence-electron chi connectivity index (χ4n) is 2.77. The number of hydrogen-bond donors (Lipinski definition) is 2. The van der Waals surface area contributed by atoms with Crippen molar-refractivity contribution in [3.8, 4) is 0 Å². The summed E-state index contributed by atoms with van der Waals surface area (Å²) in [5.41, 5.74) is 0.602. The SMILES string of the molecule is CCC(C)NC(=O)c1cccc(C(=O)NC2CCCCCC2)n1. The molecule has 1 unspecified atom stereocenters. The number of aromatic nitrogens is 1. The molecule has 23 heavy (non-hydrogen) atoms. The highest BCUT2D eigenvalue weighted by molar-refractivity contribution is 5.96. The first-order valence-electron chi connectivity index (χ1n) is 8.69. The topological polar surface area (TPSA) is 71.1 Å². The van der Waals surface area contributed by atoms with Crippen molar-refractivity contribution in [3.63, 3.8) is 0 Å². The van der Waals surface area contributed by atoms with Crippen LogP contribution in [0.3, 0.4) is 0 Å². The van der Waals surface area contributed by atoms with Crippen LogP contribution in [0.5, 0.6) is 0 Å². The molecule has 1 saturated carbocycles. The largest absolute Gasteiger partial charge is 0.348 e. The third-order valence-electron chi connectivity index (χ3n) is 4.39. The summed E-state index contributed by atoms with van der Waals surface area (Å²) in [6, 6.07) is 5.32. The Morgan fingerprint density at radius 3 is 2.35 bits per heavy atom. The second-order valence-electron chi connectivity index (χ2n) is 6.35. The standard InChI is InChI=1S/C18H27N3O2/c1-3-13(2)19-17(22)15-11-8-12-16(21-15)18(23)20-14-9-6-4-5-7-10-14/h8,11-14H,3-7,9-10H2,1-2H3,(H,19,22)(H,20,23). The van der Waals surface area contributed by atoms with Crippen molar-refractivity contribution < 1.29 is 9.59 Å². The fraction of sp³-hybridized carbons (Fsp3) is 0.611. The smallest absolute Gasteiger partial charge is 0.270 e. The number of nitrogens with zero attached hydrogens (tertiary/aromatic N) is 1. The Morgan fingerprint density at radius 2 is 1.74 bits per heavy atom. The summed E-state index contributed by atoms with van der Waals surface area (Å²) in [4.78, 5) is 28.7. The lowest BCUT2D eigenvalue weighted by Crippen LogP contribution is -2.36. The van der Waals surface area contributed by atoms with E-state index in [1.54, 1.807) is 18.2 Å². The normalized spacial score (nSPS) is 17.1. The molecule has 2 rings (SSSR count). The van der Waals surface area contributed by atoms with Gasteiger partial charge in [0, 0.05) is 12.1 Å². The van der Waals surface area contributed by atoms with Crippen molar-refractivity contribution in [1.29, 1.82) is 0 Å². The Kier molecular flexibility index (Phi) is 6.56. The van der Waals surface area contributed by atoms with Crippen LogP contribution in [0.25, 0.3) is 0 Å². The van der Waals surface area contributed by atoms with Crippen LogP contribution in [0.15, 0.2) is 18.2 Å². The third kappa shape index (κ3) is 5.34. The molecule has 1 fully saturated rings. The van der Waals surface area contributed by atoms with Gasteiger partial charge < -0.3 is 10.6 Å². The number of hydrogen-bond acceptors (Lipinski definition) is 3. The van der Waals surface area contributed by atoms with E-state index in [1.807, 2.05) is 13.8 Å². The molecule has 0 aliphatic heterocycles. The van der Waals surface area contributed by atoms with Gasteiger partial charge in [0.05, 0.1) is 0 Å². The highest BCUT2D eigenvalue weighted by Gasteiger charge is 2.18. The van der Waals surface area contributed by atoms with Crippen LogP contribution < -0.4 is 10.6 Å². The maximum Gasteiger partial charge on any atom is 0.270 e. The van der Waals surface area contributed by atoms with Gasteiger partial charge in [0.1, 0.15) is 11.4 Å². The number of carbonyl (C=O) groups is 2. The molecule has 1 aromatic rings. The molecule has 0 aromatic carbocycles. The number of amides is 2. The van der Waals surface area contributed by atoms with E-state index in [0.29, 0.717) is 11.4 Å². The van der Waals surface area contributed by atoms with Gasteiger partial charge in [0.2, 0.25) is 0 Å². The molecular weight excluding hydrogens is 290 g/mol. The zero-order valence-corrected chi connectivity index (χ0v) is 14.1.